The summed E-state index contributed by atoms with van der Waals surface area (Å²) in [5, 5.41) is 16.3. The SMILES string of the molecule is CC[C@@H]1CCc2c(sc(NC(=O)[C@H]3CC=CC[C@@H]3C(=O)O)c2C(=O)NC2CCCC2)C1. The van der Waals surface area contributed by atoms with Crippen LogP contribution in [0.4, 0.5) is 5.00 Å². The average Bonchev–Trinajstić information content (AvgIpc) is 3.40. The summed E-state index contributed by atoms with van der Waals surface area (Å²) in [5.41, 5.74) is 1.70. The first kappa shape index (κ1) is 22.1. The van der Waals surface area contributed by atoms with Crippen LogP contribution >= 0.6 is 11.3 Å². The third-order valence-electron chi connectivity index (χ3n) is 7.19. The maximum absolute atomic E-state index is 13.3. The molecule has 1 aromatic rings. The summed E-state index contributed by atoms with van der Waals surface area (Å²) in [5.74, 6) is -2.05. The molecule has 0 saturated heterocycles. The standard InChI is InChI=1S/C24H32N2O4S/c1-2-14-11-12-18-19(13-14)31-23(20(18)22(28)25-15-7-3-4-8-15)26-21(27)16-9-5-6-10-17(16)24(29)30/h5-6,14-17H,2-4,7-13H2,1H3,(H,25,28)(H,26,27)(H,29,30)/t14-,16+,17+/m1/s1. The number of hydrogen-bond donors (Lipinski definition) is 3. The first-order valence-corrected chi connectivity index (χ1v) is 12.4. The Labute approximate surface area is 187 Å². The average molecular weight is 445 g/mol. The zero-order chi connectivity index (χ0) is 22.0. The molecule has 3 N–H and O–H groups in total. The number of fused-ring (bicyclic) bond motifs is 1. The summed E-state index contributed by atoms with van der Waals surface area (Å²) in [6, 6.07) is 0.207. The normalized spacial score (nSPS) is 25.8. The minimum atomic E-state index is -0.944. The summed E-state index contributed by atoms with van der Waals surface area (Å²) in [6.45, 7) is 2.20. The Morgan fingerprint density at radius 1 is 1.10 bits per heavy atom. The van der Waals surface area contributed by atoms with E-state index in [9.17, 15) is 19.5 Å². The third kappa shape index (κ3) is 4.71. The second kappa shape index (κ2) is 9.55. The number of aliphatic carboxylic acids is 1. The number of carboxylic acids is 1. The van der Waals surface area contributed by atoms with Crippen LogP contribution in [0, 0.1) is 17.8 Å². The fourth-order valence-corrected chi connectivity index (χ4v) is 6.60. The van der Waals surface area contributed by atoms with E-state index in [0.29, 0.717) is 29.3 Å². The summed E-state index contributed by atoms with van der Waals surface area (Å²) >= 11 is 1.51. The van der Waals surface area contributed by atoms with Gasteiger partial charge in [-0.05, 0) is 56.4 Å². The Hall–Kier alpha value is -2.15. The fourth-order valence-electron chi connectivity index (χ4n) is 5.24. The van der Waals surface area contributed by atoms with Crippen molar-refractivity contribution in [2.24, 2.45) is 17.8 Å². The highest BCUT2D eigenvalue weighted by atomic mass is 32.1. The molecule has 3 aliphatic rings. The van der Waals surface area contributed by atoms with E-state index in [2.05, 4.69) is 17.6 Å². The van der Waals surface area contributed by atoms with Crippen molar-refractivity contribution in [3.8, 4) is 0 Å². The van der Waals surface area contributed by atoms with Crippen molar-refractivity contribution in [1.29, 1.82) is 0 Å². The molecule has 168 valence electrons. The maximum atomic E-state index is 13.3. The van der Waals surface area contributed by atoms with Gasteiger partial charge in [0, 0.05) is 10.9 Å². The molecule has 1 saturated carbocycles. The molecule has 0 unspecified atom stereocenters. The smallest absolute Gasteiger partial charge is 0.307 e. The van der Waals surface area contributed by atoms with Gasteiger partial charge in [0.2, 0.25) is 5.91 Å². The van der Waals surface area contributed by atoms with Gasteiger partial charge in [0.25, 0.3) is 5.91 Å². The summed E-state index contributed by atoms with van der Waals surface area (Å²) in [7, 11) is 0. The molecule has 0 spiro atoms. The number of allylic oxidation sites excluding steroid dienone is 2. The zero-order valence-corrected chi connectivity index (χ0v) is 18.9. The van der Waals surface area contributed by atoms with E-state index in [0.717, 1.165) is 56.9 Å². The lowest BCUT2D eigenvalue weighted by Gasteiger charge is -2.24. The quantitative estimate of drug-likeness (QED) is 0.561. The minimum Gasteiger partial charge on any atom is -0.481 e. The summed E-state index contributed by atoms with van der Waals surface area (Å²) < 4.78 is 0. The van der Waals surface area contributed by atoms with Crippen LogP contribution in [0.2, 0.25) is 0 Å². The van der Waals surface area contributed by atoms with Crippen LogP contribution in [0.25, 0.3) is 0 Å². The van der Waals surface area contributed by atoms with Gasteiger partial charge in [0.1, 0.15) is 5.00 Å². The van der Waals surface area contributed by atoms with Gasteiger partial charge in [-0.2, -0.15) is 0 Å². The third-order valence-corrected chi connectivity index (χ3v) is 8.36. The van der Waals surface area contributed by atoms with Crippen LogP contribution in [0.1, 0.15) is 79.1 Å². The van der Waals surface area contributed by atoms with Gasteiger partial charge in [0.15, 0.2) is 0 Å². The molecule has 3 atom stereocenters. The second-order valence-electron chi connectivity index (χ2n) is 9.16. The van der Waals surface area contributed by atoms with Crippen LogP contribution in [-0.2, 0) is 22.4 Å². The number of anilines is 1. The van der Waals surface area contributed by atoms with Crippen LogP contribution in [0.3, 0.4) is 0 Å². The lowest BCUT2D eigenvalue weighted by atomic mass is 9.82. The number of nitrogens with one attached hydrogen (secondary N) is 2. The molecule has 7 heteroatoms. The van der Waals surface area contributed by atoms with E-state index in [1.807, 2.05) is 12.2 Å². The molecular weight excluding hydrogens is 412 g/mol. The van der Waals surface area contributed by atoms with Crippen LogP contribution in [0.5, 0.6) is 0 Å². The molecule has 6 nitrogen and oxygen atoms in total. The van der Waals surface area contributed by atoms with Gasteiger partial charge in [-0.1, -0.05) is 38.3 Å². The molecule has 0 aromatic carbocycles. The highest BCUT2D eigenvalue weighted by Crippen LogP contribution is 2.41. The molecular formula is C24H32N2O4S. The highest BCUT2D eigenvalue weighted by Gasteiger charge is 2.36. The van der Waals surface area contributed by atoms with Gasteiger partial charge in [-0.15, -0.1) is 11.3 Å². The summed E-state index contributed by atoms with van der Waals surface area (Å²) in [4.78, 5) is 39.2. The first-order chi connectivity index (χ1) is 15.0. The Morgan fingerprint density at radius 2 is 1.81 bits per heavy atom. The zero-order valence-electron chi connectivity index (χ0n) is 18.1. The number of carboxylic acid groups (broad SMARTS) is 1. The van der Waals surface area contributed by atoms with E-state index < -0.39 is 17.8 Å². The predicted molar refractivity (Wildman–Crippen MR) is 121 cm³/mol. The molecule has 3 aliphatic carbocycles. The lowest BCUT2D eigenvalue weighted by Crippen LogP contribution is -2.36. The van der Waals surface area contributed by atoms with Crippen molar-refractivity contribution in [3.63, 3.8) is 0 Å². The van der Waals surface area contributed by atoms with Crippen molar-refractivity contribution < 1.29 is 19.5 Å². The highest BCUT2D eigenvalue weighted by molar-refractivity contribution is 7.17. The van der Waals surface area contributed by atoms with E-state index >= 15 is 0 Å². The molecule has 0 bridgehead atoms. The predicted octanol–water partition coefficient (Wildman–Crippen LogP) is 4.54. The van der Waals surface area contributed by atoms with Gasteiger partial charge in [-0.3, -0.25) is 14.4 Å². The van der Waals surface area contributed by atoms with Crippen molar-refractivity contribution in [3.05, 3.63) is 28.2 Å². The number of amides is 2. The lowest BCUT2D eigenvalue weighted by molar-refractivity contribution is -0.146. The van der Waals surface area contributed by atoms with Crippen molar-refractivity contribution >= 4 is 34.1 Å². The summed E-state index contributed by atoms with van der Waals surface area (Å²) in [6.07, 6.45) is 12.7. The van der Waals surface area contributed by atoms with Gasteiger partial charge < -0.3 is 15.7 Å². The molecule has 2 amide bonds. The van der Waals surface area contributed by atoms with E-state index in [1.165, 1.54) is 16.2 Å². The van der Waals surface area contributed by atoms with Crippen LogP contribution in [0.15, 0.2) is 12.2 Å². The van der Waals surface area contributed by atoms with Crippen LogP contribution in [-0.4, -0.2) is 28.9 Å². The fraction of sp³-hybridized carbons (Fsp3) is 0.625. The molecule has 0 radical (unpaired) electrons. The Kier molecular flexibility index (Phi) is 6.80. The first-order valence-electron chi connectivity index (χ1n) is 11.6. The number of hydrogen-bond acceptors (Lipinski definition) is 4. The van der Waals surface area contributed by atoms with Gasteiger partial charge in [-0.25, -0.2) is 0 Å². The topological polar surface area (TPSA) is 95.5 Å². The molecule has 1 fully saturated rings. The Balaban J connectivity index is 1.60. The van der Waals surface area contributed by atoms with Crippen molar-refractivity contribution in [2.45, 2.75) is 77.2 Å². The molecule has 1 aromatic heterocycles. The van der Waals surface area contributed by atoms with Crippen LogP contribution < -0.4 is 10.6 Å². The molecule has 31 heavy (non-hydrogen) atoms. The number of carbonyl (C=O) groups is 3. The van der Waals surface area contributed by atoms with E-state index in [-0.39, 0.29) is 17.9 Å². The minimum absolute atomic E-state index is 0.0898. The van der Waals surface area contributed by atoms with Gasteiger partial charge in [0.05, 0.1) is 17.4 Å². The molecule has 4 rings (SSSR count). The number of rotatable bonds is 6. The van der Waals surface area contributed by atoms with E-state index in [4.69, 9.17) is 0 Å². The second-order valence-corrected chi connectivity index (χ2v) is 10.3. The van der Waals surface area contributed by atoms with E-state index in [1.54, 1.807) is 0 Å². The number of carbonyl (C=O) groups excluding carboxylic acids is 2. The molecule has 0 aliphatic heterocycles. The van der Waals surface area contributed by atoms with Crippen molar-refractivity contribution in [1.82, 2.24) is 5.32 Å². The van der Waals surface area contributed by atoms with Crippen molar-refractivity contribution in [2.75, 3.05) is 5.32 Å². The monoisotopic (exact) mass is 444 g/mol. The van der Waals surface area contributed by atoms with Gasteiger partial charge >= 0.3 is 5.97 Å². The Morgan fingerprint density at radius 3 is 2.48 bits per heavy atom. The Bertz CT molecular complexity index is 884. The number of thiophene rings is 1. The largest absolute Gasteiger partial charge is 0.481 e. The maximum Gasteiger partial charge on any atom is 0.307 e. The molecule has 1 heterocycles.